The molecule has 0 saturated carbocycles. The monoisotopic (exact) mass is 660 g/mol. The molecule has 0 unspecified atom stereocenters. The number of furan rings is 1. The highest BCUT2D eigenvalue weighted by molar-refractivity contribution is 7.18. The second-order valence-corrected chi connectivity index (χ2v) is 13.5. The van der Waals surface area contributed by atoms with Gasteiger partial charge in [-0.25, -0.2) is 4.98 Å². The van der Waals surface area contributed by atoms with Crippen molar-refractivity contribution in [3.05, 3.63) is 170 Å². The molecule has 3 heterocycles. The van der Waals surface area contributed by atoms with E-state index in [0.29, 0.717) is 5.89 Å². The molecule has 0 spiro atoms. The minimum Gasteiger partial charge on any atom is -0.456 e. The number of oxazole rings is 1. The fourth-order valence-corrected chi connectivity index (χ4v) is 7.93. The Hall–Kier alpha value is -6.43. The van der Waals surface area contributed by atoms with Gasteiger partial charge in [-0.2, -0.15) is 0 Å². The van der Waals surface area contributed by atoms with Crippen molar-refractivity contribution >= 4 is 61.4 Å². The van der Waals surface area contributed by atoms with Crippen LogP contribution >= 0.6 is 11.3 Å². The Morgan fingerprint density at radius 2 is 1.12 bits per heavy atom. The molecule has 0 amide bonds. The van der Waals surface area contributed by atoms with Crippen LogP contribution in [0.25, 0.3) is 76.5 Å². The SMILES string of the molecule is c1cc2ccc(-c3ccccc3N(c3ccc(-c4ccc5c(c4)oc4ccccc45)cc3)c3ccc(-c4nc5ccccc5o4)cc3)sc-2c1. The lowest BCUT2D eigenvalue weighted by molar-refractivity contribution is 0.620. The standard InChI is InChI=1S/C45H28N2O2S/c1-4-12-39(37(10-1)44-27-21-30-8-7-15-43(30)50-44)47(34-24-18-31(19-25-34)45-46-38-11-3-6-14-41(38)49-45)33-22-16-29(17-23-33)32-20-26-36-35-9-2-5-13-40(35)48-42(36)28-32/h1-28H. The van der Waals surface area contributed by atoms with Crippen LogP contribution in [-0.4, -0.2) is 4.98 Å². The third-order valence-corrected chi connectivity index (χ3v) is 10.5. The summed E-state index contributed by atoms with van der Waals surface area (Å²) in [6.07, 6.45) is 0. The largest absolute Gasteiger partial charge is 0.456 e. The van der Waals surface area contributed by atoms with E-state index in [2.05, 4.69) is 138 Å². The van der Waals surface area contributed by atoms with Crippen molar-refractivity contribution in [2.45, 2.75) is 0 Å². The van der Waals surface area contributed by atoms with E-state index in [4.69, 9.17) is 13.8 Å². The Bertz CT molecular complexity index is 2740. The predicted molar refractivity (Wildman–Crippen MR) is 207 cm³/mol. The Morgan fingerprint density at radius 1 is 0.440 bits per heavy atom. The third kappa shape index (κ3) is 4.87. The van der Waals surface area contributed by atoms with Crippen LogP contribution < -0.4 is 4.90 Å². The molecule has 2 aliphatic rings. The number of aromatic nitrogens is 1. The van der Waals surface area contributed by atoms with Crippen molar-refractivity contribution in [1.82, 2.24) is 4.98 Å². The molecule has 0 saturated heterocycles. The molecule has 6 aromatic carbocycles. The highest BCUT2D eigenvalue weighted by Gasteiger charge is 2.19. The number of para-hydroxylation sites is 4. The van der Waals surface area contributed by atoms with Gasteiger partial charge in [0.1, 0.15) is 16.7 Å². The van der Waals surface area contributed by atoms with Crippen molar-refractivity contribution in [3.63, 3.8) is 0 Å². The first-order chi connectivity index (χ1) is 24.7. The molecule has 2 aromatic heterocycles. The van der Waals surface area contributed by atoms with Crippen LogP contribution in [0.3, 0.4) is 0 Å². The van der Waals surface area contributed by atoms with Crippen LogP contribution in [0.4, 0.5) is 17.1 Å². The predicted octanol–water partition coefficient (Wildman–Crippen LogP) is 13.4. The van der Waals surface area contributed by atoms with E-state index in [-0.39, 0.29) is 0 Å². The van der Waals surface area contributed by atoms with Crippen LogP contribution in [0.15, 0.2) is 179 Å². The topological polar surface area (TPSA) is 42.4 Å². The highest BCUT2D eigenvalue weighted by atomic mass is 32.1. The molecule has 1 aliphatic carbocycles. The van der Waals surface area contributed by atoms with Crippen LogP contribution in [0.1, 0.15) is 0 Å². The maximum absolute atomic E-state index is 6.21. The average molecular weight is 661 g/mol. The summed E-state index contributed by atoms with van der Waals surface area (Å²) in [5.74, 6) is 0.611. The first-order valence-electron chi connectivity index (χ1n) is 16.6. The molecule has 0 bridgehead atoms. The first-order valence-corrected chi connectivity index (χ1v) is 17.4. The normalized spacial score (nSPS) is 11.6. The number of benzene rings is 6. The Morgan fingerprint density at radius 3 is 1.96 bits per heavy atom. The highest BCUT2D eigenvalue weighted by Crippen LogP contribution is 2.45. The van der Waals surface area contributed by atoms with Crippen molar-refractivity contribution in [2.75, 3.05) is 4.90 Å². The van der Waals surface area contributed by atoms with E-state index in [9.17, 15) is 0 Å². The summed E-state index contributed by atoms with van der Waals surface area (Å²) in [4.78, 5) is 9.55. The van der Waals surface area contributed by atoms with E-state index in [1.54, 1.807) is 0 Å². The van der Waals surface area contributed by atoms with Gasteiger partial charge < -0.3 is 13.7 Å². The van der Waals surface area contributed by atoms with Gasteiger partial charge in [0.15, 0.2) is 5.58 Å². The number of hydrogen-bond donors (Lipinski definition) is 0. The Labute approximate surface area is 292 Å². The quantitative estimate of drug-likeness (QED) is 0.178. The molecule has 0 atom stereocenters. The minimum absolute atomic E-state index is 0.611. The summed E-state index contributed by atoms with van der Waals surface area (Å²) in [6, 6.07) is 59.4. The minimum atomic E-state index is 0.611. The second kappa shape index (κ2) is 11.6. The second-order valence-electron chi connectivity index (χ2n) is 12.4. The van der Waals surface area contributed by atoms with E-state index in [0.717, 1.165) is 66.8 Å². The fraction of sp³-hybridized carbons (Fsp3) is 0. The van der Waals surface area contributed by atoms with Gasteiger partial charge >= 0.3 is 0 Å². The van der Waals surface area contributed by atoms with E-state index >= 15 is 0 Å². The molecule has 10 rings (SSSR count). The molecule has 4 nitrogen and oxygen atoms in total. The number of fused-ring (bicyclic) bond motifs is 5. The fourth-order valence-electron chi connectivity index (χ4n) is 6.87. The van der Waals surface area contributed by atoms with E-state index in [1.165, 1.54) is 20.9 Å². The smallest absolute Gasteiger partial charge is 0.227 e. The molecule has 1 aliphatic heterocycles. The lowest BCUT2D eigenvalue weighted by atomic mass is 10.0. The van der Waals surface area contributed by atoms with Crippen LogP contribution in [0, 0.1) is 0 Å². The van der Waals surface area contributed by atoms with E-state index < -0.39 is 0 Å². The molecule has 5 heteroatoms. The molecule has 0 N–H and O–H groups in total. The van der Waals surface area contributed by atoms with Crippen molar-refractivity contribution in [2.24, 2.45) is 0 Å². The summed E-state index contributed by atoms with van der Waals surface area (Å²) < 4.78 is 12.3. The van der Waals surface area contributed by atoms with Crippen LogP contribution in [0.2, 0.25) is 0 Å². The zero-order valence-electron chi connectivity index (χ0n) is 26.8. The molecular weight excluding hydrogens is 633 g/mol. The van der Waals surface area contributed by atoms with Gasteiger partial charge in [-0.3, -0.25) is 0 Å². The molecular formula is C45H28N2O2S. The van der Waals surface area contributed by atoms with Gasteiger partial charge in [-0.1, -0.05) is 84.9 Å². The summed E-state index contributed by atoms with van der Waals surface area (Å²) in [5.41, 5.74) is 12.2. The summed E-state index contributed by atoms with van der Waals surface area (Å²) in [5, 5.41) is 2.27. The first kappa shape index (κ1) is 28.6. The Balaban J connectivity index is 1.08. The maximum Gasteiger partial charge on any atom is 0.227 e. The lowest BCUT2D eigenvalue weighted by Gasteiger charge is -2.28. The number of anilines is 3. The van der Waals surface area contributed by atoms with Gasteiger partial charge in [0, 0.05) is 43.0 Å². The van der Waals surface area contributed by atoms with E-state index in [1.807, 2.05) is 47.7 Å². The zero-order chi connectivity index (χ0) is 33.0. The average Bonchev–Trinajstić information content (AvgIpc) is 3.92. The number of hydrogen-bond acceptors (Lipinski definition) is 5. The van der Waals surface area contributed by atoms with Crippen molar-refractivity contribution in [1.29, 1.82) is 0 Å². The lowest BCUT2D eigenvalue weighted by Crippen LogP contribution is -2.11. The number of rotatable bonds is 6. The summed E-state index contributed by atoms with van der Waals surface area (Å²) in [7, 11) is 0. The van der Waals surface area contributed by atoms with Crippen LogP contribution in [0.5, 0.6) is 0 Å². The summed E-state index contributed by atoms with van der Waals surface area (Å²) in [6.45, 7) is 0. The van der Waals surface area contributed by atoms with Gasteiger partial charge in [0.05, 0.1) is 5.69 Å². The van der Waals surface area contributed by atoms with Gasteiger partial charge in [0.2, 0.25) is 5.89 Å². The summed E-state index contributed by atoms with van der Waals surface area (Å²) >= 11 is 1.82. The maximum atomic E-state index is 6.21. The molecule has 50 heavy (non-hydrogen) atoms. The third-order valence-electron chi connectivity index (χ3n) is 9.36. The van der Waals surface area contributed by atoms with Crippen LogP contribution in [-0.2, 0) is 0 Å². The van der Waals surface area contributed by atoms with Crippen molar-refractivity contribution < 1.29 is 8.83 Å². The van der Waals surface area contributed by atoms with Gasteiger partial charge in [-0.15, -0.1) is 11.3 Å². The van der Waals surface area contributed by atoms with Gasteiger partial charge in [-0.05, 0) is 102 Å². The van der Waals surface area contributed by atoms with Gasteiger partial charge in [0.25, 0.3) is 0 Å². The molecule has 236 valence electrons. The molecule has 0 radical (unpaired) electrons. The molecule has 0 fully saturated rings. The number of nitrogens with zero attached hydrogens (tertiary/aromatic N) is 2. The molecule has 8 aromatic rings. The zero-order valence-corrected chi connectivity index (χ0v) is 27.6. The van der Waals surface area contributed by atoms with Crippen molar-refractivity contribution in [3.8, 4) is 43.5 Å². The Kier molecular flexibility index (Phi) is 6.64.